The Bertz CT molecular complexity index is 587. The molecule has 0 radical (unpaired) electrons. The monoisotopic (exact) mass is 267 g/mol. The maximum absolute atomic E-state index is 13.0. The molecule has 0 unspecified atom stereocenters. The highest BCUT2D eigenvalue weighted by atomic mass is 19.2. The van der Waals surface area contributed by atoms with Gasteiger partial charge < -0.3 is 10.5 Å². The first kappa shape index (κ1) is 13.4. The molecule has 2 aromatic carbocycles. The molecule has 2 N–H and O–H groups in total. The Balaban J connectivity index is 2.12. The lowest BCUT2D eigenvalue weighted by atomic mass is 10.2. The van der Waals surface area contributed by atoms with Crippen molar-refractivity contribution in [2.75, 3.05) is 0 Å². The van der Waals surface area contributed by atoms with Crippen molar-refractivity contribution in [1.82, 2.24) is 0 Å². The van der Waals surface area contributed by atoms with Crippen molar-refractivity contribution in [3.05, 3.63) is 65.0 Å². The zero-order valence-electron chi connectivity index (χ0n) is 10.00. The van der Waals surface area contributed by atoms with E-state index in [1.165, 1.54) is 24.3 Å². The van der Waals surface area contributed by atoms with Gasteiger partial charge in [-0.15, -0.1) is 0 Å². The van der Waals surface area contributed by atoms with E-state index in [2.05, 4.69) is 0 Å². The van der Waals surface area contributed by atoms with Crippen LogP contribution in [0.5, 0.6) is 5.75 Å². The highest BCUT2D eigenvalue weighted by Gasteiger charge is 2.06. The van der Waals surface area contributed by atoms with Gasteiger partial charge in [0.15, 0.2) is 11.6 Å². The van der Waals surface area contributed by atoms with Crippen LogP contribution < -0.4 is 10.5 Å². The van der Waals surface area contributed by atoms with Crippen molar-refractivity contribution >= 4 is 0 Å². The van der Waals surface area contributed by atoms with Crippen LogP contribution in [-0.4, -0.2) is 0 Å². The highest BCUT2D eigenvalue weighted by Crippen LogP contribution is 2.20. The van der Waals surface area contributed by atoms with Crippen LogP contribution >= 0.6 is 0 Å². The van der Waals surface area contributed by atoms with E-state index in [1.54, 1.807) is 0 Å². The molecule has 5 heteroatoms. The topological polar surface area (TPSA) is 35.2 Å². The number of hydrogen-bond donors (Lipinski definition) is 1. The van der Waals surface area contributed by atoms with Gasteiger partial charge >= 0.3 is 0 Å². The summed E-state index contributed by atoms with van der Waals surface area (Å²) in [5.41, 5.74) is 6.47. The molecule has 2 nitrogen and oxygen atoms in total. The molecule has 0 saturated heterocycles. The third kappa shape index (κ3) is 3.26. The second-order valence-corrected chi connectivity index (χ2v) is 3.99. The summed E-state index contributed by atoms with van der Waals surface area (Å²) in [6.07, 6.45) is 0. The van der Waals surface area contributed by atoms with Crippen LogP contribution in [0.15, 0.2) is 36.4 Å². The molecular formula is C14H12F3NO. The number of ether oxygens (including phenoxy) is 1. The van der Waals surface area contributed by atoms with Crippen LogP contribution in [0.1, 0.15) is 11.1 Å². The molecule has 0 aliphatic carbocycles. The van der Waals surface area contributed by atoms with Crippen molar-refractivity contribution in [1.29, 1.82) is 0 Å². The van der Waals surface area contributed by atoms with Gasteiger partial charge in [0, 0.05) is 12.1 Å². The van der Waals surface area contributed by atoms with Gasteiger partial charge in [-0.2, -0.15) is 0 Å². The van der Waals surface area contributed by atoms with Crippen LogP contribution in [0, 0.1) is 17.5 Å². The Morgan fingerprint density at radius 3 is 2.42 bits per heavy atom. The van der Waals surface area contributed by atoms with Crippen molar-refractivity contribution in [3.8, 4) is 5.75 Å². The van der Waals surface area contributed by atoms with Crippen LogP contribution in [0.2, 0.25) is 0 Å². The van der Waals surface area contributed by atoms with E-state index >= 15 is 0 Å². The quantitative estimate of drug-likeness (QED) is 0.923. The lowest BCUT2D eigenvalue weighted by molar-refractivity contribution is 0.301. The Labute approximate surface area is 108 Å². The fraction of sp³-hybridized carbons (Fsp3) is 0.143. The first-order valence-corrected chi connectivity index (χ1v) is 5.65. The highest BCUT2D eigenvalue weighted by molar-refractivity contribution is 5.34. The van der Waals surface area contributed by atoms with E-state index in [0.29, 0.717) is 16.9 Å². The van der Waals surface area contributed by atoms with Gasteiger partial charge in [-0.1, -0.05) is 6.07 Å². The molecule has 2 rings (SSSR count). The summed E-state index contributed by atoms with van der Waals surface area (Å²) in [6.45, 7) is 0.181. The molecule has 0 amide bonds. The molecule has 0 aliphatic heterocycles. The Kier molecular flexibility index (Phi) is 4.06. The zero-order valence-corrected chi connectivity index (χ0v) is 10.00. The second-order valence-electron chi connectivity index (χ2n) is 3.99. The van der Waals surface area contributed by atoms with Crippen molar-refractivity contribution in [2.45, 2.75) is 13.2 Å². The van der Waals surface area contributed by atoms with Gasteiger partial charge in [-0.25, -0.2) is 13.2 Å². The summed E-state index contributed by atoms with van der Waals surface area (Å²) in [5.74, 6) is -1.82. The molecule has 0 bridgehead atoms. The summed E-state index contributed by atoms with van der Waals surface area (Å²) >= 11 is 0. The van der Waals surface area contributed by atoms with E-state index in [1.807, 2.05) is 0 Å². The number of benzene rings is 2. The van der Waals surface area contributed by atoms with Gasteiger partial charge in [0.1, 0.15) is 18.2 Å². The molecule has 0 aromatic heterocycles. The average molecular weight is 267 g/mol. The van der Waals surface area contributed by atoms with Gasteiger partial charge in [-0.3, -0.25) is 0 Å². The van der Waals surface area contributed by atoms with Crippen LogP contribution in [-0.2, 0) is 13.2 Å². The third-order valence-corrected chi connectivity index (χ3v) is 2.62. The molecule has 0 atom stereocenters. The standard InChI is InChI=1S/C14H12F3NO/c15-11-2-4-14(10(6-11)7-18)19-8-9-1-3-12(16)13(17)5-9/h1-6H,7-8,18H2. The van der Waals surface area contributed by atoms with E-state index < -0.39 is 17.5 Å². The van der Waals surface area contributed by atoms with E-state index in [4.69, 9.17) is 10.5 Å². The predicted octanol–water partition coefficient (Wildman–Crippen LogP) is 3.14. The minimum Gasteiger partial charge on any atom is -0.489 e. The zero-order chi connectivity index (χ0) is 13.8. The summed E-state index contributed by atoms with van der Waals surface area (Å²) < 4.78 is 44.2. The Morgan fingerprint density at radius 2 is 1.74 bits per heavy atom. The molecule has 0 saturated carbocycles. The molecule has 19 heavy (non-hydrogen) atoms. The molecule has 0 spiro atoms. The first-order valence-electron chi connectivity index (χ1n) is 5.65. The van der Waals surface area contributed by atoms with Crippen LogP contribution in [0.3, 0.4) is 0 Å². The normalized spacial score (nSPS) is 10.5. The number of rotatable bonds is 4. The fourth-order valence-corrected chi connectivity index (χ4v) is 1.64. The Morgan fingerprint density at radius 1 is 0.947 bits per heavy atom. The predicted molar refractivity (Wildman–Crippen MR) is 65.0 cm³/mol. The van der Waals surface area contributed by atoms with Gasteiger partial charge in [0.05, 0.1) is 0 Å². The maximum atomic E-state index is 13.0. The minimum absolute atomic E-state index is 0.0514. The number of nitrogens with two attached hydrogens (primary N) is 1. The van der Waals surface area contributed by atoms with E-state index in [-0.39, 0.29) is 13.2 Å². The molecule has 2 aromatic rings. The van der Waals surface area contributed by atoms with E-state index in [9.17, 15) is 13.2 Å². The van der Waals surface area contributed by atoms with E-state index in [0.717, 1.165) is 12.1 Å². The first-order chi connectivity index (χ1) is 9.10. The summed E-state index contributed by atoms with van der Waals surface area (Å²) in [6, 6.07) is 7.49. The molecule has 100 valence electrons. The number of halogens is 3. The minimum atomic E-state index is -0.931. The maximum Gasteiger partial charge on any atom is 0.159 e. The van der Waals surface area contributed by atoms with Crippen molar-refractivity contribution in [2.24, 2.45) is 5.73 Å². The van der Waals surface area contributed by atoms with Crippen molar-refractivity contribution in [3.63, 3.8) is 0 Å². The fourth-order valence-electron chi connectivity index (χ4n) is 1.64. The van der Waals surface area contributed by atoms with Crippen LogP contribution in [0.4, 0.5) is 13.2 Å². The summed E-state index contributed by atoms with van der Waals surface area (Å²) in [4.78, 5) is 0. The average Bonchev–Trinajstić information content (AvgIpc) is 2.41. The second kappa shape index (κ2) is 5.75. The lowest BCUT2D eigenvalue weighted by Gasteiger charge is -2.10. The Hall–Kier alpha value is -2.01. The van der Waals surface area contributed by atoms with Gasteiger partial charge in [-0.05, 0) is 35.9 Å². The molecule has 0 aliphatic rings. The largest absolute Gasteiger partial charge is 0.489 e. The van der Waals surface area contributed by atoms with Crippen LogP contribution in [0.25, 0.3) is 0 Å². The third-order valence-electron chi connectivity index (χ3n) is 2.62. The molecule has 0 heterocycles. The van der Waals surface area contributed by atoms with Gasteiger partial charge in [0.25, 0.3) is 0 Å². The van der Waals surface area contributed by atoms with Gasteiger partial charge in [0.2, 0.25) is 0 Å². The number of hydrogen-bond acceptors (Lipinski definition) is 2. The SMILES string of the molecule is NCc1cc(F)ccc1OCc1ccc(F)c(F)c1. The summed E-state index contributed by atoms with van der Waals surface area (Å²) in [7, 11) is 0. The molecule has 0 fully saturated rings. The van der Waals surface area contributed by atoms with Crippen molar-refractivity contribution < 1.29 is 17.9 Å². The summed E-state index contributed by atoms with van der Waals surface area (Å²) in [5, 5.41) is 0. The smallest absolute Gasteiger partial charge is 0.159 e. The molecular weight excluding hydrogens is 255 g/mol. The lowest BCUT2D eigenvalue weighted by Crippen LogP contribution is -2.03.